The van der Waals surface area contributed by atoms with Crippen molar-refractivity contribution in [3.8, 4) is 11.8 Å². The number of nitrogens with zero attached hydrogens (tertiary/aromatic N) is 2. The third kappa shape index (κ3) is 4.04. The Morgan fingerprint density at radius 2 is 2.47 bits per heavy atom. The van der Waals surface area contributed by atoms with E-state index in [9.17, 15) is 9.18 Å². The molecule has 6 heteroatoms. The van der Waals surface area contributed by atoms with E-state index in [-0.39, 0.29) is 13.2 Å². The number of nitrogens with one attached hydrogen (secondary N) is 1. The van der Waals surface area contributed by atoms with Gasteiger partial charge in [-0.2, -0.15) is 9.65 Å². The van der Waals surface area contributed by atoms with Gasteiger partial charge in [0.2, 0.25) is 5.95 Å². The van der Waals surface area contributed by atoms with Crippen LogP contribution in [-0.4, -0.2) is 24.0 Å². The van der Waals surface area contributed by atoms with Crippen LogP contribution in [0.2, 0.25) is 0 Å². The van der Waals surface area contributed by atoms with E-state index < -0.39 is 11.9 Å². The van der Waals surface area contributed by atoms with Crippen molar-refractivity contribution in [3.05, 3.63) is 24.3 Å². The first-order chi connectivity index (χ1) is 7.22. The van der Waals surface area contributed by atoms with E-state index >= 15 is 0 Å². The monoisotopic (exact) mass is 209 g/mol. The molecular weight excluding hydrogens is 201 g/mol. The minimum atomic E-state index is -0.615. The van der Waals surface area contributed by atoms with E-state index in [1.165, 1.54) is 12.3 Å². The van der Waals surface area contributed by atoms with Crippen molar-refractivity contribution in [2.24, 2.45) is 0 Å². The molecule has 0 aromatic carbocycles. The van der Waals surface area contributed by atoms with Gasteiger partial charge in [0.15, 0.2) is 6.61 Å². The molecule has 0 bridgehead atoms. The highest BCUT2D eigenvalue weighted by Crippen LogP contribution is 2.07. The molecule has 15 heavy (non-hydrogen) atoms. The number of carbonyl (C=O) groups excluding carboxylic acids is 1. The summed E-state index contributed by atoms with van der Waals surface area (Å²) in [5, 5.41) is 10.5. The maximum atomic E-state index is 12.4. The summed E-state index contributed by atoms with van der Waals surface area (Å²) in [5.41, 5.74) is 0. The molecule has 78 valence electrons. The summed E-state index contributed by atoms with van der Waals surface area (Å²) in [5.74, 6) is -0.735. The van der Waals surface area contributed by atoms with Crippen molar-refractivity contribution in [1.29, 1.82) is 5.26 Å². The fourth-order valence-corrected chi connectivity index (χ4v) is 0.786. The fourth-order valence-electron chi connectivity index (χ4n) is 0.786. The molecule has 0 fully saturated rings. The number of carbonyl (C=O) groups is 1. The molecule has 1 aromatic heterocycles. The van der Waals surface area contributed by atoms with Gasteiger partial charge in [-0.1, -0.05) is 0 Å². The Morgan fingerprint density at radius 1 is 1.67 bits per heavy atom. The fraction of sp³-hybridized carbons (Fsp3) is 0.222. The normalized spacial score (nSPS) is 9.07. The number of halogens is 1. The lowest BCUT2D eigenvalue weighted by Crippen LogP contribution is -2.29. The molecule has 0 aliphatic carbocycles. The van der Waals surface area contributed by atoms with E-state index in [4.69, 9.17) is 10.00 Å². The molecule has 1 heterocycles. The molecule has 0 unspecified atom stereocenters. The van der Waals surface area contributed by atoms with E-state index in [2.05, 4.69) is 10.3 Å². The van der Waals surface area contributed by atoms with Crippen LogP contribution in [0.25, 0.3) is 0 Å². The Hall–Kier alpha value is -2.16. The molecule has 0 saturated carbocycles. The molecule has 0 spiro atoms. The summed E-state index contributed by atoms with van der Waals surface area (Å²) in [7, 11) is 0. The quantitative estimate of drug-likeness (QED) is 0.569. The highest BCUT2D eigenvalue weighted by atomic mass is 19.1. The Morgan fingerprint density at radius 3 is 3.07 bits per heavy atom. The van der Waals surface area contributed by atoms with Crippen LogP contribution in [0.5, 0.6) is 5.75 Å². The molecular formula is C9H8FN3O2. The molecule has 5 nitrogen and oxygen atoms in total. The molecule has 0 aliphatic rings. The van der Waals surface area contributed by atoms with Crippen molar-refractivity contribution < 1.29 is 13.9 Å². The molecule has 0 saturated heterocycles. The number of rotatable bonds is 4. The average Bonchev–Trinajstić information content (AvgIpc) is 2.25. The second kappa shape index (κ2) is 5.54. The Labute approximate surface area is 85.5 Å². The first-order valence-electron chi connectivity index (χ1n) is 4.10. The Kier molecular flexibility index (Phi) is 4.04. The highest BCUT2D eigenvalue weighted by Gasteiger charge is 2.01. The predicted molar refractivity (Wildman–Crippen MR) is 48.3 cm³/mol. The molecule has 1 amide bonds. The summed E-state index contributed by atoms with van der Waals surface area (Å²) in [4.78, 5) is 14.3. The second-order valence-electron chi connectivity index (χ2n) is 2.54. The lowest BCUT2D eigenvalue weighted by Gasteiger charge is -2.04. The Bertz CT molecular complexity index is 372. The van der Waals surface area contributed by atoms with Gasteiger partial charge in [0.25, 0.3) is 5.91 Å². The molecule has 1 N–H and O–H groups in total. The maximum Gasteiger partial charge on any atom is 0.258 e. The van der Waals surface area contributed by atoms with Crippen LogP contribution in [0.3, 0.4) is 0 Å². The zero-order valence-electron chi connectivity index (χ0n) is 7.74. The van der Waals surface area contributed by atoms with Crippen LogP contribution in [0.15, 0.2) is 18.3 Å². The van der Waals surface area contributed by atoms with E-state index in [0.29, 0.717) is 5.75 Å². The third-order valence-electron chi connectivity index (χ3n) is 1.43. The van der Waals surface area contributed by atoms with Crippen LogP contribution < -0.4 is 10.1 Å². The predicted octanol–water partition coefficient (Wildman–Crippen LogP) is 0.239. The first kappa shape index (κ1) is 10.9. The number of pyridine rings is 1. The van der Waals surface area contributed by atoms with Gasteiger partial charge in [-0.25, -0.2) is 4.98 Å². The number of nitriles is 1. The lowest BCUT2D eigenvalue weighted by atomic mass is 10.4. The highest BCUT2D eigenvalue weighted by molar-refractivity contribution is 5.77. The van der Waals surface area contributed by atoms with Crippen LogP contribution in [0.1, 0.15) is 0 Å². The third-order valence-corrected chi connectivity index (χ3v) is 1.43. The SMILES string of the molecule is N#CCNC(=O)COc1ccc(F)nc1. The first-order valence-corrected chi connectivity index (χ1v) is 4.10. The van der Waals surface area contributed by atoms with Crippen LogP contribution in [-0.2, 0) is 4.79 Å². The van der Waals surface area contributed by atoms with Gasteiger partial charge in [0.1, 0.15) is 12.3 Å². The van der Waals surface area contributed by atoms with Crippen LogP contribution >= 0.6 is 0 Å². The van der Waals surface area contributed by atoms with Crippen molar-refractivity contribution in [2.75, 3.05) is 13.2 Å². The Balaban J connectivity index is 2.34. The van der Waals surface area contributed by atoms with Crippen LogP contribution in [0, 0.1) is 17.3 Å². The molecule has 0 radical (unpaired) electrons. The zero-order chi connectivity index (χ0) is 11.1. The van der Waals surface area contributed by atoms with Crippen molar-refractivity contribution >= 4 is 5.91 Å². The van der Waals surface area contributed by atoms with Gasteiger partial charge < -0.3 is 10.1 Å². The summed E-state index contributed by atoms with van der Waals surface area (Å²) < 4.78 is 17.3. The molecule has 1 rings (SSSR count). The molecule has 1 aromatic rings. The summed E-state index contributed by atoms with van der Waals surface area (Å²) >= 11 is 0. The number of ether oxygens (including phenoxy) is 1. The number of amides is 1. The average molecular weight is 209 g/mol. The van der Waals surface area contributed by atoms with Gasteiger partial charge in [0.05, 0.1) is 12.3 Å². The summed E-state index contributed by atoms with van der Waals surface area (Å²) in [6.45, 7) is -0.293. The maximum absolute atomic E-state index is 12.4. The van der Waals surface area contributed by atoms with Crippen molar-refractivity contribution in [1.82, 2.24) is 10.3 Å². The van der Waals surface area contributed by atoms with Gasteiger partial charge in [0, 0.05) is 0 Å². The van der Waals surface area contributed by atoms with Gasteiger partial charge >= 0.3 is 0 Å². The summed E-state index contributed by atoms with van der Waals surface area (Å²) in [6.07, 6.45) is 1.17. The van der Waals surface area contributed by atoms with E-state index in [1.54, 1.807) is 6.07 Å². The standard InChI is InChI=1S/C9H8FN3O2/c10-8-2-1-7(5-13-8)15-6-9(14)12-4-3-11/h1-2,5H,4,6H2,(H,12,14). The molecule has 0 aliphatic heterocycles. The number of aromatic nitrogens is 1. The van der Waals surface area contributed by atoms with Crippen molar-refractivity contribution in [2.45, 2.75) is 0 Å². The van der Waals surface area contributed by atoms with E-state index in [0.717, 1.165) is 6.07 Å². The van der Waals surface area contributed by atoms with Crippen molar-refractivity contribution in [3.63, 3.8) is 0 Å². The topological polar surface area (TPSA) is 75.0 Å². The van der Waals surface area contributed by atoms with Gasteiger partial charge in [-0.3, -0.25) is 4.79 Å². The van der Waals surface area contributed by atoms with Crippen LogP contribution in [0.4, 0.5) is 4.39 Å². The summed E-state index contributed by atoms with van der Waals surface area (Å²) in [6, 6.07) is 4.24. The number of hydrogen-bond donors (Lipinski definition) is 1. The number of hydrogen-bond acceptors (Lipinski definition) is 4. The molecule has 0 atom stereocenters. The zero-order valence-corrected chi connectivity index (χ0v) is 7.74. The minimum Gasteiger partial charge on any atom is -0.482 e. The minimum absolute atomic E-state index is 0.0656. The van der Waals surface area contributed by atoms with E-state index in [1.807, 2.05) is 0 Å². The second-order valence-corrected chi connectivity index (χ2v) is 2.54. The van der Waals surface area contributed by atoms with Gasteiger partial charge in [-0.15, -0.1) is 0 Å². The largest absolute Gasteiger partial charge is 0.482 e. The lowest BCUT2D eigenvalue weighted by molar-refractivity contribution is -0.122. The smallest absolute Gasteiger partial charge is 0.258 e. The van der Waals surface area contributed by atoms with Gasteiger partial charge in [-0.05, 0) is 12.1 Å².